The molecule has 0 radical (unpaired) electrons. The van der Waals surface area contributed by atoms with Crippen LogP contribution in [0.15, 0.2) is 24.3 Å². The molecule has 4 saturated carbocycles. The first-order chi connectivity index (χ1) is 20.3. The Balaban J connectivity index is 1.03. The Morgan fingerprint density at radius 2 is 1.83 bits per heavy atom. The maximum atomic E-state index is 12.6. The molecule has 1 N–H and O–H groups in total. The number of aliphatic hydroxyl groups is 1. The van der Waals surface area contributed by atoms with Crippen LogP contribution in [0.3, 0.4) is 0 Å². The highest BCUT2D eigenvalue weighted by Crippen LogP contribution is 2.67. The van der Waals surface area contributed by atoms with Crippen molar-refractivity contribution >= 4 is 11.7 Å². The Morgan fingerprint density at radius 1 is 1.02 bits per heavy atom. The number of amides is 1. The molecule has 4 aliphatic carbocycles. The molecule has 1 heterocycles. The normalized spacial score (nSPS) is 37.7. The molecule has 1 saturated heterocycles. The van der Waals surface area contributed by atoms with Crippen LogP contribution in [0, 0.1) is 40.4 Å². The molecule has 0 bridgehead atoms. The van der Waals surface area contributed by atoms with E-state index in [2.05, 4.69) is 38.1 Å². The Kier molecular flexibility index (Phi) is 9.06. The number of aliphatic hydroxyl groups excluding tert-OH is 1. The highest BCUT2D eigenvalue weighted by Gasteiger charge is 2.62. The molecule has 8 atom stereocenters. The molecule has 1 amide bonds. The van der Waals surface area contributed by atoms with Crippen molar-refractivity contribution < 1.29 is 19.4 Å². The minimum atomic E-state index is -0.143. The highest BCUT2D eigenvalue weighted by atomic mass is 16.5. The summed E-state index contributed by atoms with van der Waals surface area (Å²) < 4.78 is 6.09. The van der Waals surface area contributed by atoms with E-state index in [1.165, 1.54) is 37.7 Å². The summed E-state index contributed by atoms with van der Waals surface area (Å²) in [5.41, 5.74) is 1.73. The van der Waals surface area contributed by atoms with Gasteiger partial charge in [-0.2, -0.15) is 0 Å². The van der Waals surface area contributed by atoms with Crippen molar-refractivity contribution in [1.29, 1.82) is 0 Å². The van der Waals surface area contributed by atoms with E-state index >= 15 is 0 Å². The van der Waals surface area contributed by atoms with Gasteiger partial charge in [-0.25, -0.2) is 0 Å². The van der Waals surface area contributed by atoms with Crippen LogP contribution in [0.2, 0.25) is 0 Å². The average molecular weight is 578 g/mol. The summed E-state index contributed by atoms with van der Waals surface area (Å²) in [6.07, 6.45) is 16.4. The van der Waals surface area contributed by atoms with E-state index in [1.54, 1.807) is 0 Å². The smallest absolute Gasteiger partial charge is 0.222 e. The number of unbranched alkanes of at least 4 members (excludes halogenated alkanes) is 1. The number of rotatable bonds is 10. The lowest BCUT2D eigenvalue weighted by molar-refractivity contribution is -0.156. The molecule has 5 aliphatic rings. The minimum absolute atomic E-state index is 0.0836. The Hall–Kier alpha value is -1.88. The molecule has 42 heavy (non-hydrogen) atoms. The summed E-state index contributed by atoms with van der Waals surface area (Å²) in [5, 5.41) is 11.0. The molecule has 3 unspecified atom stereocenters. The van der Waals surface area contributed by atoms with Gasteiger partial charge in [-0.1, -0.05) is 26.0 Å². The molecular weight excluding hydrogens is 522 g/mol. The zero-order valence-corrected chi connectivity index (χ0v) is 26.3. The average Bonchev–Trinajstić information content (AvgIpc) is 3.62. The van der Waals surface area contributed by atoms with Crippen molar-refractivity contribution in [3.05, 3.63) is 29.8 Å². The van der Waals surface area contributed by atoms with Gasteiger partial charge in [0.15, 0.2) is 0 Å². The van der Waals surface area contributed by atoms with E-state index in [9.17, 15) is 14.7 Å². The SMILES string of the molecule is C[C@]12CCC(=O)CC1CC(CCCc1cccc(OCCCCC(=O)N3CCCC3)c1)[C@@H]1[C@H]2CC[C@]2(C)C(O)CC[C@@H]12. The zero-order chi connectivity index (χ0) is 29.3. The number of fused-ring (bicyclic) bond motifs is 5. The number of hydrogen-bond acceptors (Lipinski definition) is 4. The highest BCUT2D eigenvalue weighted by molar-refractivity contribution is 5.79. The zero-order valence-electron chi connectivity index (χ0n) is 26.3. The number of benzene rings is 1. The van der Waals surface area contributed by atoms with Crippen molar-refractivity contribution in [1.82, 2.24) is 4.90 Å². The number of ketones is 1. The van der Waals surface area contributed by atoms with Gasteiger partial charge in [0.25, 0.3) is 0 Å². The summed E-state index contributed by atoms with van der Waals surface area (Å²) in [6, 6.07) is 8.61. The molecule has 5 heteroatoms. The van der Waals surface area contributed by atoms with Crippen LogP contribution in [0.5, 0.6) is 5.75 Å². The number of hydrogen-bond donors (Lipinski definition) is 1. The molecular formula is C37H55NO4. The molecule has 5 nitrogen and oxygen atoms in total. The predicted octanol–water partition coefficient (Wildman–Crippen LogP) is 7.38. The minimum Gasteiger partial charge on any atom is -0.494 e. The Labute approximate surface area is 254 Å². The van der Waals surface area contributed by atoms with Crippen molar-refractivity contribution in [3.63, 3.8) is 0 Å². The Morgan fingerprint density at radius 3 is 2.67 bits per heavy atom. The molecule has 232 valence electrons. The van der Waals surface area contributed by atoms with Crippen LogP contribution in [0.4, 0.5) is 0 Å². The lowest BCUT2D eigenvalue weighted by Crippen LogP contribution is -2.57. The molecule has 6 rings (SSSR count). The first-order valence-electron chi connectivity index (χ1n) is 17.5. The third-order valence-electron chi connectivity index (χ3n) is 13.1. The van der Waals surface area contributed by atoms with Gasteiger partial charge in [0, 0.05) is 32.4 Å². The van der Waals surface area contributed by atoms with E-state index in [0.29, 0.717) is 59.7 Å². The monoisotopic (exact) mass is 577 g/mol. The van der Waals surface area contributed by atoms with Crippen LogP contribution >= 0.6 is 0 Å². The van der Waals surface area contributed by atoms with Crippen LogP contribution in [-0.2, 0) is 16.0 Å². The largest absolute Gasteiger partial charge is 0.494 e. The number of carbonyl (C=O) groups is 2. The second-order valence-electron chi connectivity index (χ2n) is 15.3. The molecule has 0 spiro atoms. The molecule has 1 aromatic carbocycles. The van der Waals surface area contributed by atoms with E-state index in [-0.39, 0.29) is 11.5 Å². The van der Waals surface area contributed by atoms with E-state index in [1.807, 2.05) is 4.90 Å². The maximum absolute atomic E-state index is 12.6. The quantitative estimate of drug-likeness (QED) is 0.295. The fourth-order valence-corrected chi connectivity index (χ4v) is 10.5. The maximum Gasteiger partial charge on any atom is 0.222 e. The standard InChI is InChI=1S/C37H55NO4/c1-36-18-16-29(39)25-28(36)24-27(35-31-14-15-33(40)37(31,2)19-17-32(35)36)11-7-9-26-10-8-12-30(23-26)42-22-6-3-13-34(41)38-20-4-5-21-38/h8,10,12,23,27-28,31-33,35,40H,3-7,9,11,13-22,24-25H2,1-2H3/t27?,28?,31-,32+,33?,35-,36-,37-/m0/s1. The van der Waals surface area contributed by atoms with Gasteiger partial charge in [-0.15, -0.1) is 0 Å². The molecule has 5 fully saturated rings. The number of aryl methyl sites for hydroxylation is 1. The first kappa shape index (κ1) is 30.2. The fourth-order valence-electron chi connectivity index (χ4n) is 10.5. The first-order valence-corrected chi connectivity index (χ1v) is 17.5. The number of ether oxygens (including phenoxy) is 1. The van der Waals surface area contributed by atoms with Crippen molar-refractivity contribution in [2.24, 2.45) is 40.4 Å². The van der Waals surface area contributed by atoms with Crippen LogP contribution in [-0.4, -0.2) is 47.5 Å². The van der Waals surface area contributed by atoms with Gasteiger partial charge in [0.1, 0.15) is 11.5 Å². The van der Waals surface area contributed by atoms with Crippen LogP contribution in [0.25, 0.3) is 0 Å². The third-order valence-corrected chi connectivity index (χ3v) is 13.1. The lowest BCUT2D eigenvalue weighted by atomic mass is 9.42. The van der Waals surface area contributed by atoms with Crippen molar-refractivity contribution in [2.45, 2.75) is 123 Å². The van der Waals surface area contributed by atoms with Gasteiger partial charge >= 0.3 is 0 Å². The summed E-state index contributed by atoms with van der Waals surface area (Å²) in [7, 11) is 0. The van der Waals surface area contributed by atoms with Crippen LogP contribution < -0.4 is 4.74 Å². The van der Waals surface area contributed by atoms with Gasteiger partial charge < -0.3 is 14.7 Å². The lowest BCUT2D eigenvalue weighted by Gasteiger charge is -2.62. The second kappa shape index (κ2) is 12.6. The summed E-state index contributed by atoms with van der Waals surface area (Å²) in [6.45, 7) is 7.45. The Bertz CT molecular complexity index is 1110. The van der Waals surface area contributed by atoms with Crippen molar-refractivity contribution in [3.8, 4) is 5.75 Å². The third kappa shape index (κ3) is 5.93. The predicted molar refractivity (Wildman–Crippen MR) is 166 cm³/mol. The van der Waals surface area contributed by atoms with Gasteiger partial charge in [0.2, 0.25) is 5.91 Å². The number of nitrogens with zero attached hydrogens (tertiary/aromatic N) is 1. The van der Waals surface area contributed by atoms with Gasteiger partial charge in [0.05, 0.1) is 12.7 Å². The summed E-state index contributed by atoms with van der Waals surface area (Å²) >= 11 is 0. The molecule has 1 aliphatic heterocycles. The number of Topliss-reactive ketones (excluding diaryl/α,β-unsaturated/α-hetero) is 1. The number of carbonyl (C=O) groups excluding carboxylic acids is 2. The van der Waals surface area contributed by atoms with Crippen molar-refractivity contribution in [2.75, 3.05) is 19.7 Å². The summed E-state index contributed by atoms with van der Waals surface area (Å²) in [5.74, 6) is 4.98. The van der Waals surface area contributed by atoms with E-state index in [4.69, 9.17) is 4.74 Å². The number of likely N-dealkylation sites (tertiary alicyclic amines) is 1. The van der Waals surface area contributed by atoms with E-state index < -0.39 is 0 Å². The molecule has 1 aromatic rings. The van der Waals surface area contributed by atoms with Gasteiger partial charge in [-0.3, -0.25) is 9.59 Å². The second-order valence-corrected chi connectivity index (χ2v) is 15.3. The fraction of sp³-hybridized carbons (Fsp3) is 0.784. The molecule has 0 aromatic heterocycles. The summed E-state index contributed by atoms with van der Waals surface area (Å²) in [4.78, 5) is 26.8. The van der Waals surface area contributed by atoms with E-state index in [0.717, 1.165) is 83.0 Å². The topological polar surface area (TPSA) is 66.8 Å². The van der Waals surface area contributed by atoms with Gasteiger partial charge in [-0.05, 0) is 142 Å². The van der Waals surface area contributed by atoms with Crippen LogP contribution in [0.1, 0.15) is 116 Å².